The largest absolute Gasteiger partial charge is 0.506 e. The van der Waals surface area contributed by atoms with Crippen LogP contribution in [-0.4, -0.2) is 34.2 Å². The Morgan fingerprint density at radius 3 is 1.92 bits per heavy atom. The van der Waals surface area contributed by atoms with E-state index in [0.717, 1.165) is 18.6 Å². The average Bonchev–Trinajstić information content (AvgIpc) is 3.02. The number of phenolic OH excluding ortho intramolecular Hbond substituents is 1. The van der Waals surface area contributed by atoms with Gasteiger partial charge in [-0.25, -0.2) is 22.0 Å². The minimum atomic E-state index is -2.44. The van der Waals surface area contributed by atoms with Gasteiger partial charge in [-0.05, 0) is 65.2 Å². The fourth-order valence-corrected chi connectivity index (χ4v) is 4.32. The molecular weight excluding hydrogens is 663 g/mol. The summed E-state index contributed by atoms with van der Waals surface area (Å²) >= 11 is 6.28. The normalized spacial score (nSPS) is 12.4. The second-order valence-corrected chi connectivity index (χ2v) is 12.6. The standard InChI is InChI=1S/C34H38ClF5N2O6/c1-8-11-23(46-22-13-12-17(47-33(4,5)9-2)14-24(22)48-34(6,7)10-3)31(44)41-19-16-21(43)20(15-18(19)35)42-32(45)25-26(36)28(38)30(40)29(39)27(25)37/h12-16,23,43H,8-11H2,1-7H3,(H,41,44)(H,42,45). The minimum absolute atomic E-state index is 0.132. The van der Waals surface area contributed by atoms with Crippen molar-refractivity contribution in [3.05, 3.63) is 70.0 Å². The van der Waals surface area contributed by atoms with Crippen LogP contribution < -0.4 is 24.8 Å². The molecule has 3 aromatic carbocycles. The smallest absolute Gasteiger partial charge is 0.265 e. The number of carbonyl (C=O) groups excluding carboxylic acids is 2. The molecular formula is C34H38ClF5N2O6. The molecule has 0 radical (unpaired) electrons. The molecule has 48 heavy (non-hydrogen) atoms. The van der Waals surface area contributed by atoms with Crippen molar-refractivity contribution in [1.29, 1.82) is 0 Å². The van der Waals surface area contributed by atoms with Crippen molar-refractivity contribution >= 4 is 34.8 Å². The first kappa shape index (κ1) is 38.2. The third-order valence-corrected chi connectivity index (χ3v) is 7.85. The van der Waals surface area contributed by atoms with E-state index >= 15 is 0 Å². The summed E-state index contributed by atoms with van der Waals surface area (Å²) in [4.78, 5) is 25.9. The SMILES string of the molecule is CCCC(Oc1ccc(OC(C)(C)CC)cc1OC(C)(C)CC)C(=O)Nc1cc(O)c(NC(=O)c2c(F)c(F)c(F)c(F)c2F)cc1Cl. The average molecular weight is 701 g/mol. The first-order valence-corrected chi connectivity index (χ1v) is 15.6. The predicted molar refractivity (Wildman–Crippen MR) is 172 cm³/mol. The quantitative estimate of drug-likeness (QED) is 0.0670. The van der Waals surface area contributed by atoms with Gasteiger partial charge in [0.15, 0.2) is 40.9 Å². The van der Waals surface area contributed by atoms with Gasteiger partial charge in [0.1, 0.15) is 28.3 Å². The summed E-state index contributed by atoms with van der Waals surface area (Å²) in [7, 11) is 0. The summed E-state index contributed by atoms with van der Waals surface area (Å²) in [6, 6.07) is 6.88. The second-order valence-electron chi connectivity index (χ2n) is 12.2. The molecule has 3 aromatic rings. The van der Waals surface area contributed by atoms with E-state index in [1.807, 2.05) is 53.8 Å². The van der Waals surface area contributed by atoms with Gasteiger partial charge >= 0.3 is 0 Å². The number of phenols is 1. The fourth-order valence-electron chi connectivity index (χ4n) is 4.11. The first-order chi connectivity index (χ1) is 22.3. The van der Waals surface area contributed by atoms with E-state index in [2.05, 4.69) is 5.32 Å². The number of nitrogens with one attached hydrogen (secondary N) is 2. The molecule has 3 rings (SSSR count). The summed E-state index contributed by atoms with van der Waals surface area (Å²) in [5, 5.41) is 14.7. The van der Waals surface area contributed by atoms with Gasteiger partial charge in [-0.15, -0.1) is 0 Å². The molecule has 1 atom stereocenters. The Morgan fingerprint density at radius 1 is 0.792 bits per heavy atom. The molecule has 262 valence electrons. The van der Waals surface area contributed by atoms with Crippen LogP contribution in [0.2, 0.25) is 5.02 Å². The maximum absolute atomic E-state index is 14.1. The van der Waals surface area contributed by atoms with E-state index in [1.165, 1.54) is 0 Å². The van der Waals surface area contributed by atoms with Crippen LogP contribution in [0.1, 0.15) is 84.5 Å². The molecule has 0 aliphatic heterocycles. The number of hydrogen-bond acceptors (Lipinski definition) is 6. The molecule has 0 spiro atoms. The summed E-state index contributed by atoms with van der Waals surface area (Å²) in [6.07, 6.45) is 1.12. The predicted octanol–water partition coefficient (Wildman–Crippen LogP) is 9.31. The Bertz CT molecular complexity index is 1660. The molecule has 3 N–H and O–H groups in total. The van der Waals surface area contributed by atoms with Gasteiger partial charge in [-0.3, -0.25) is 9.59 Å². The Labute approximate surface area is 280 Å². The van der Waals surface area contributed by atoms with E-state index < -0.39 is 75.2 Å². The second kappa shape index (κ2) is 15.3. The fraction of sp³-hybridized carbons (Fsp3) is 0.412. The monoisotopic (exact) mass is 700 g/mol. The molecule has 0 fully saturated rings. The van der Waals surface area contributed by atoms with Gasteiger partial charge in [0.25, 0.3) is 11.8 Å². The number of amides is 2. The number of rotatable bonds is 14. The van der Waals surface area contributed by atoms with Gasteiger partial charge < -0.3 is 30.0 Å². The molecule has 0 aliphatic rings. The maximum atomic E-state index is 14.1. The lowest BCUT2D eigenvalue weighted by atomic mass is 10.1. The van der Waals surface area contributed by atoms with Crippen LogP contribution in [0.4, 0.5) is 33.3 Å². The van der Waals surface area contributed by atoms with Crippen molar-refractivity contribution in [2.45, 2.75) is 91.5 Å². The lowest BCUT2D eigenvalue weighted by molar-refractivity contribution is -0.123. The van der Waals surface area contributed by atoms with Crippen LogP contribution in [0.5, 0.6) is 23.0 Å². The van der Waals surface area contributed by atoms with Gasteiger partial charge in [-0.1, -0.05) is 38.8 Å². The van der Waals surface area contributed by atoms with Crippen molar-refractivity contribution in [1.82, 2.24) is 0 Å². The van der Waals surface area contributed by atoms with E-state index in [0.29, 0.717) is 24.3 Å². The molecule has 2 amide bonds. The van der Waals surface area contributed by atoms with E-state index in [-0.39, 0.29) is 22.9 Å². The topological polar surface area (TPSA) is 106 Å². The van der Waals surface area contributed by atoms with E-state index in [4.69, 9.17) is 25.8 Å². The van der Waals surface area contributed by atoms with Crippen molar-refractivity contribution < 1.29 is 50.9 Å². The molecule has 8 nitrogen and oxygen atoms in total. The van der Waals surface area contributed by atoms with Crippen molar-refractivity contribution in [2.75, 3.05) is 10.6 Å². The molecule has 14 heteroatoms. The summed E-state index contributed by atoms with van der Waals surface area (Å²) in [5.41, 5.74) is -3.47. The van der Waals surface area contributed by atoms with E-state index in [1.54, 1.807) is 18.2 Å². The molecule has 0 aromatic heterocycles. The van der Waals surface area contributed by atoms with Gasteiger partial charge in [0, 0.05) is 12.1 Å². The molecule has 0 heterocycles. The van der Waals surface area contributed by atoms with Gasteiger partial charge in [0.2, 0.25) is 5.82 Å². The van der Waals surface area contributed by atoms with Crippen molar-refractivity contribution in [2.24, 2.45) is 0 Å². The van der Waals surface area contributed by atoms with Gasteiger partial charge in [0.05, 0.1) is 16.4 Å². The zero-order valence-corrected chi connectivity index (χ0v) is 28.3. The number of halogens is 6. The number of hydrogen-bond donors (Lipinski definition) is 3. The van der Waals surface area contributed by atoms with Crippen LogP contribution in [0.3, 0.4) is 0 Å². The van der Waals surface area contributed by atoms with Crippen LogP contribution in [0.15, 0.2) is 30.3 Å². The van der Waals surface area contributed by atoms with Crippen molar-refractivity contribution in [3.63, 3.8) is 0 Å². The third-order valence-electron chi connectivity index (χ3n) is 7.54. The highest BCUT2D eigenvalue weighted by molar-refractivity contribution is 6.34. The van der Waals surface area contributed by atoms with Crippen LogP contribution in [0.25, 0.3) is 0 Å². The van der Waals surface area contributed by atoms with Gasteiger partial charge in [-0.2, -0.15) is 0 Å². The van der Waals surface area contributed by atoms with E-state index in [9.17, 15) is 36.6 Å². The van der Waals surface area contributed by atoms with Crippen molar-refractivity contribution in [3.8, 4) is 23.0 Å². The molecule has 0 bridgehead atoms. The lowest BCUT2D eigenvalue weighted by Gasteiger charge is -2.29. The Kier molecular flexibility index (Phi) is 12.2. The highest BCUT2D eigenvalue weighted by Crippen LogP contribution is 2.38. The van der Waals surface area contributed by atoms with Crippen LogP contribution >= 0.6 is 11.6 Å². The molecule has 0 saturated carbocycles. The molecule has 1 unspecified atom stereocenters. The highest BCUT2D eigenvalue weighted by atomic mass is 35.5. The summed E-state index contributed by atoms with van der Waals surface area (Å²) in [5.74, 6) is -13.8. The Morgan fingerprint density at radius 2 is 1.35 bits per heavy atom. The molecule has 0 aliphatic carbocycles. The number of anilines is 2. The first-order valence-electron chi connectivity index (χ1n) is 15.2. The number of carbonyl (C=O) groups is 2. The third kappa shape index (κ3) is 9.00. The number of aromatic hydroxyl groups is 1. The Hall–Kier alpha value is -4.26. The van der Waals surface area contributed by atoms with Crippen LogP contribution in [0, 0.1) is 29.1 Å². The number of ether oxygens (including phenoxy) is 3. The maximum Gasteiger partial charge on any atom is 0.265 e. The number of benzene rings is 3. The lowest BCUT2D eigenvalue weighted by Crippen LogP contribution is -2.34. The molecule has 0 saturated heterocycles. The summed E-state index contributed by atoms with van der Waals surface area (Å²) < 4.78 is 87.4. The van der Waals surface area contributed by atoms with Crippen LogP contribution in [-0.2, 0) is 4.79 Å². The Balaban J connectivity index is 1.87. The minimum Gasteiger partial charge on any atom is -0.506 e. The summed E-state index contributed by atoms with van der Waals surface area (Å²) in [6.45, 7) is 13.5. The zero-order valence-electron chi connectivity index (χ0n) is 27.5. The zero-order chi connectivity index (χ0) is 36.1. The highest BCUT2D eigenvalue weighted by Gasteiger charge is 2.31.